The van der Waals surface area contributed by atoms with Crippen LogP contribution in [0.2, 0.25) is 0 Å². The number of likely N-dealkylation sites (tertiary alicyclic amines) is 1. The van der Waals surface area contributed by atoms with Crippen LogP contribution in [0.15, 0.2) is 0 Å². The third kappa shape index (κ3) is 3.65. The fraction of sp³-hybridized carbons (Fsp3) is 0.714. The van der Waals surface area contributed by atoms with Gasteiger partial charge in [-0.25, -0.2) is 9.97 Å². The zero-order valence-electron chi connectivity index (χ0n) is 16.9. The van der Waals surface area contributed by atoms with Crippen molar-refractivity contribution in [3.05, 3.63) is 16.3 Å². The number of anilines is 1. The molecule has 5 rings (SSSR count). The second-order valence-corrected chi connectivity index (χ2v) is 9.30. The average molecular weight is 402 g/mol. The number of aryl methyl sites for hydroxylation is 2. The van der Waals surface area contributed by atoms with Gasteiger partial charge < -0.3 is 10.1 Å². The normalized spacial score (nSPS) is 23.5. The fourth-order valence-electron chi connectivity index (χ4n) is 4.96. The predicted octanol–water partition coefficient (Wildman–Crippen LogP) is 2.91. The molecule has 0 bridgehead atoms. The lowest BCUT2D eigenvalue weighted by Gasteiger charge is -2.26. The lowest BCUT2D eigenvalue weighted by Crippen LogP contribution is -2.36. The number of rotatable bonds is 6. The lowest BCUT2D eigenvalue weighted by atomic mass is 10.1. The highest BCUT2D eigenvalue weighted by molar-refractivity contribution is 7.19. The first-order valence-corrected chi connectivity index (χ1v) is 11.7. The van der Waals surface area contributed by atoms with Crippen molar-refractivity contribution >= 4 is 27.4 Å². The van der Waals surface area contributed by atoms with Crippen molar-refractivity contribution in [3.63, 3.8) is 0 Å². The van der Waals surface area contributed by atoms with Gasteiger partial charge in [0.1, 0.15) is 16.5 Å². The van der Waals surface area contributed by atoms with Crippen molar-refractivity contribution in [1.29, 1.82) is 0 Å². The van der Waals surface area contributed by atoms with Crippen molar-refractivity contribution in [1.82, 2.24) is 19.8 Å². The SMILES string of the molecule is CCN1CCCC1CNc1nc(CN2CCOCC2)nc2sc3c(c12)CCC3. The topological polar surface area (TPSA) is 53.5 Å². The number of morpholine rings is 1. The monoisotopic (exact) mass is 401 g/mol. The van der Waals surface area contributed by atoms with Crippen LogP contribution in [0.5, 0.6) is 0 Å². The smallest absolute Gasteiger partial charge is 0.146 e. The van der Waals surface area contributed by atoms with Gasteiger partial charge in [0, 0.05) is 30.6 Å². The molecule has 2 aromatic heterocycles. The minimum atomic E-state index is 0.629. The molecule has 1 N–H and O–H groups in total. The van der Waals surface area contributed by atoms with Crippen LogP contribution < -0.4 is 5.32 Å². The van der Waals surface area contributed by atoms with Crippen LogP contribution in [0.25, 0.3) is 10.2 Å². The maximum atomic E-state index is 5.49. The molecule has 4 heterocycles. The summed E-state index contributed by atoms with van der Waals surface area (Å²) in [5.41, 5.74) is 1.51. The Bertz CT molecular complexity index is 832. The Balaban J connectivity index is 1.42. The summed E-state index contributed by atoms with van der Waals surface area (Å²) in [4.78, 5) is 17.7. The van der Waals surface area contributed by atoms with Crippen LogP contribution in [0, 0.1) is 0 Å². The summed E-state index contributed by atoms with van der Waals surface area (Å²) in [5.74, 6) is 2.03. The number of nitrogens with one attached hydrogen (secondary N) is 1. The molecule has 1 atom stereocenters. The maximum absolute atomic E-state index is 5.49. The standard InChI is InChI=1S/C21H31N5OS/c1-2-26-8-4-5-15(26)13-22-20-19-16-6-3-7-17(16)28-21(19)24-18(23-20)14-25-9-11-27-12-10-25/h15H,2-14H2,1H3,(H,22,23,24). The van der Waals surface area contributed by atoms with Crippen molar-refractivity contribution < 1.29 is 4.74 Å². The second-order valence-electron chi connectivity index (χ2n) is 8.22. The Kier molecular flexibility index (Phi) is 5.50. The summed E-state index contributed by atoms with van der Waals surface area (Å²) < 4.78 is 5.49. The van der Waals surface area contributed by atoms with Gasteiger partial charge in [0.25, 0.3) is 0 Å². The molecule has 2 saturated heterocycles. The Morgan fingerprint density at radius 3 is 2.89 bits per heavy atom. The van der Waals surface area contributed by atoms with Crippen LogP contribution in [0.4, 0.5) is 5.82 Å². The second kappa shape index (κ2) is 8.22. The molecule has 2 fully saturated rings. The summed E-state index contributed by atoms with van der Waals surface area (Å²) in [6.07, 6.45) is 6.27. The number of ether oxygens (including phenoxy) is 1. The Morgan fingerprint density at radius 1 is 1.14 bits per heavy atom. The van der Waals surface area contributed by atoms with Gasteiger partial charge in [-0.1, -0.05) is 6.92 Å². The third-order valence-corrected chi connectivity index (χ3v) is 7.68. The van der Waals surface area contributed by atoms with Gasteiger partial charge in [-0.15, -0.1) is 11.3 Å². The Morgan fingerprint density at radius 2 is 2.04 bits per heavy atom. The van der Waals surface area contributed by atoms with Crippen molar-refractivity contribution in [2.75, 3.05) is 51.3 Å². The number of hydrogen-bond acceptors (Lipinski definition) is 7. The molecule has 0 spiro atoms. The lowest BCUT2D eigenvalue weighted by molar-refractivity contribution is 0.0331. The first kappa shape index (κ1) is 18.7. The van der Waals surface area contributed by atoms with Gasteiger partial charge in [0.05, 0.1) is 25.1 Å². The van der Waals surface area contributed by atoms with E-state index in [1.54, 1.807) is 0 Å². The zero-order valence-corrected chi connectivity index (χ0v) is 17.7. The summed E-state index contributed by atoms with van der Waals surface area (Å²) in [7, 11) is 0. The molecule has 1 unspecified atom stereocenters. The Labute approximate surface area is 171 Å². The summed E-state index contributed by atoms with van der Waals surface area (Å²) in [6.45, 7) is 10.0. The highest BCUT2D eigenvalue weighted by atomic mass is 32.1. The molecule has 1 aliphatic carbocycles. The van der Waals surface area contributed by atoms with Gasteiger partial charge in [-0.3, -0.25) is 9.80 Å². The number of thiophene rings is 1. The van der Waals surface area contributed by atoms with Crippen LogP contribution in [0.3, 0.4) is 0 Å². The van der Waals surface area contributed by atoms with E-state index >= 15 is 0 Å². The molecule has 0 aromatic carbocycles. The highest BCUT2D eigenvalue weighted by Crippen LogP contribution is 2.39. The van der Waals surface area contributed by atoms with Gasteiger partial charge >= 0.3 is 0 Å². The van der Waals surface area contributed by atoms with Crippen LogP contribution >= 0.6 is 11.3 Å². The molecular formula is C21H31N5OS. The van der Waals surface area contributed by atoms with E-state index in [9.17, 15) is 0 Å². The van der Waals surface area contributed by atoms with E-state index in [0.29, 0.717) is 6.04 Å². The van der Waals surface area contributed by atoms with Gasteiger partial charge in [-0.05, 0) is 50.8 Å². The number of aromatic nitrogens is 2. The molecule has 2 aromatic rings. The van der Waals surface area contributed by atoms with Crippen LogP contribution in [0.1, 0.15) is 42.5 Å². The minimum absolute atomic E-state index is 0.629. The largest absolute Gasteiger partial charge is 0.379 e. The molecule has 0 saturated carbocycles. The summed E-state index contributed by atoms with van der Waals surface area (Å²) >= 11 is 1.90. The number of hydrogen-bond donors (Lipinski definition) is 1. The number of nitrogens with zero attached hydrogens (tertiary/aromatic N) is 4. The maximum Gasteiger partial charge on any atom is 0.146 e. The third-order valence-electron chi connectivity index (χ3n) is 6.49. The molecule has 0 amide bonds. The summed E-state index contributed by atoms with van der Waals surface area (Å²) in [5, 5.41) is 5.07. The molecule has 3 aliphatic rings. The molecule has 7 heteroatoms. The zero-order chi connectivity index (χ0) is 18.9. The Hall–Kier alpha value is -1.28. The van der Waals surface area contributed by atoms with E-state index in [-0.39, 0.29) is 0 Å². The van der Waals surface area contributed by atoms with Gasteiger partial charge in [0.2, 0.25) is 0 Å². The van der Waals surface area contributed by atoms with E-state index in [1.165, 1.54) is 59.3 Å². The highest BCUT2D eigenvalue weighted by Gasteiger charge is 2.26. The minimum Gasteiger partial charge on any atom is -0.379 e. The van der Waals surface area contributed by atoms with E-state index in [1.807, 2.05) is 11.3 Å². The fourth-order valence-corrected chi connectivity index (χ4v) is 6.24. The average Bonchev–Trinajstić information content (AvgIpc) is 3.42. The van der Waals surface area contributed by atoms with Crippen molar-refractivity contribution in [2.24, 2.45) is 0 Å². The van der Waals surface area contributed by atoms with Gasteiger partial charge in [0.15, 0.2) is 0 Å². The van der Waals surface area contributed by atoms with E-state index < -0.39 is 0 Å². The predicted molar refractivity (Wildman–Crippen MR) is 114 cm³/mol. The van der Waals surface area contributed by atoms with Crippen molar-refractivity contribution in [2.45, 2.75) is 51.6 Å². The number of likely N-dealkylation sites (N-methyl/N-ethyl adjacent to an activating group) is 1. The van der Waals surface area contributed by atoms with Crippen LogP contribution in [-0.2, 0) is 24.1 Å². The molecule has 2 aliphatic heterocycles. The molecule has 28 heavy (non-hydrogen) atoms. The van der Waals surface area contributed by atoms with E-state index in [4.69, 9.17) is 14.7 Å². The van der Waals surface area contributed by atoms with Crippen LogP contribution in [-0.4, -0.2) is 71.7 Å². The molecule has 0 radical (unpaired) electrons. The first-order chi connectivity index (χ1) is 13.8. The molecule has 6 nitrogen and oxygen atoms in total. The molecular weight excluding hydrogens is 370 g/mol. The van der Waals surface area contributed by atoms with Gasteiger partial charge in [-0.2, -0.15) is 0 Å². The quantitative estimate of drug-likeness (QED) is 0.803. The molecule has 152 valence electrons. The summed E-state index contributed by atoms with van der Waals surface area (Å²) in [6, 6.07) is 0.629. The van der Waals surface area contributed by atoms with E-state index in [0.717, 1.165) is 57.6 Å². The van der Waals surface area contributed by atoms with E-state index in [2.05, 4.69) is 22.0 Å². The number of fused-ring (bicyclic) bond motifs is 3. The first-order valence-electron chi connectivity index (χ1n) is 10.9. The van der Waals surface area contributed by atoms with Crippen molar-refractivity contribution in [3.8, 4) is 0 Å².